The van der Waals surface area contributed by atoms with Crippen molar-refractivity contribution in [2.24, 2.45) is 5.73 Å². The molecule has 2 N–H and O–H groups in total. The number of nitrogens with zero attached hydrogens (tertiary/aromatic N) is 1. The van der Waals surface area contributed by atoms with Crippen LogP contribution in [-0.2, 0) is 4.79 Å². The molecule has 0 unspecified atom stereocenters. The third-order valence-electron chi connectivity index (χ3n) is 1.46. The SMILES string of the molecule is COc1ncc(C=CC(N)=O)cc1Cl. The molecule has 0 spiro atoms. The Hall–Kier alpha value is -1.55. The summed E-state index contributed by atoms with van der Waals surface area (Å²) >= 11 is 5.81. The zero-order valence-corrected chi connectivity index (χ0v) is 8.28. The maximum absolute atomic E-state index is 10.4. The van der Waals surface area contributed by atoms with Gasteiger partial charge in [-0.15, -0.1) is 0 Å². The van der Waals surface area contributed by atoms with Crippen LogP contribution in [0.25, 0.3) is 6.08 Å². The monoisotopic (exact) mass is 212 g/mol. The quantitative estimate of drug-likeness (QED) is 0.767. The minimum absolute atomic E-state index is 0.350. The highest BCUT2D eigenvalue weighted by atomic mass is 35.5. The number of carbonyl (C=O) groups is 1. The van der Waals surface area contributed by atoms with Crippen molar-refractivity contribution in [1.29, 1.82) is 0 Å². The third kappa shape index (κ3) is 2.74. The van der Waals surface area contributed by atoms with Crippen LogP contribution in [0, 0.1) is 0 Å². The standard InChI is InChI=1S/C9H9ClN2O2/c1-14-9-7(10)4-6(5-12-9)2-3-8(11)13/h2-5H,1H3,(H2,11,13). The molecule has 0 aliphatic carbocycles. The number of carbonyl (C=O) groups excluding carboxylic acids is 1. The van der Waals surface area contributed by atoms with E-state index in [1.54, 1.807) is 6.07 Å². The molecular weight excluding hydrogens is 204 g/mol. The molecular formula is C9H9ClN2O2. The minimum atomic E-state index is -0.517. The van der Waals surface area contributed by atoms with Gasteiger partial charge in [0.1, 0.15) is 5.02 Å². The molecule has 1 rings (SSSR count). The van der Waals surface area contributed by atoms with Gasteiger partial charge in [-0.05, 0) is 17.7 Å². The van der Waals surface area contributed by atoms with Crippen molar-refractivity contribution in [2.45, 2.75) is 0 Å². The van der Waals surface area contributed by atoms with Crippen LogP contribution in [0.2, 0.25) is 5.02 Å². The smallest absolute Gasteiger partial charge is 0.241 e. The molecule has 0 saturated carbocycles. The van der Waals surface area contributed by atoms with Crippen LogP contribution in [0.1, 0.15) is 5.56 Å². The number of primary amides is 1. The van der Waals surface area contributed by atoms with Gasteiger partial charge >= 0.3 is 0 Å². The Bertz CT molecular complexity index is 377. The second-order valence-electron chi connectivity index (χ2n) is 2.50. The second kappa shape index (κ2) is 4.62. The first-order valence-corrected chi connectivity index (χ1v) is 4.18. The summed E-state index contributed by atoms with van der Waals surface area (Å²) in [5.41, 5.74) is 5.62. The average molecular weight is 213 g/mol. The van der Waals surface area contributed by atoms with Crippen molar-refractivity contribution >= 4 is 23.6 Å². The molecule has 5 heteroatoms. The highest BCUT2D eigenvalue weighted by Crippen LogP contribution is 2.22. The summed E-state index contributed by atoms with van der Waals surface area (Å²) in [6.45, 7) is 0. The first-order valence-electron chi connectivity index (χ1n) is 3.80. The zero-order valence-electron chi connectivity index (χ0n) is 7.53. The number of ether oxygens (including phenoxy) is 1. The molecule has 74 valence electrons. The van der Waals surface area contributed by atoms with Gasteiger partial charge < -0.3 is 10.5 Å². The Balaban J connectivity index is 2.91. The Kier molecular flexibility index (Phi) is 3.48. The predicted octanol–water partition coefficient (Wildman–Crippen LogP) is 1.24. The number of hydrogen-bond donors (Lipinski definition) is 1. The lowest BCUT2D eigenvalue weighted by Gasteiger charge is -2.01. The van der Waals surface area contributed by atoms with Crippen LogP contribution in [0.15, 0.2) is 18.3 Å². The van der Waals surface area contributed by atoms with E-state index in [0.717, 1.165) is 0 Å². The lowest BCUT2D eigenvalue weighted by Crippen LogP contribution is -2.05. The van der Waals surface area contributed by atoms with Crippen LogP contribution < -0.4 is 10.5 Å². The van der Waals surface area contributed by atoms with Crippen molar-refractivity contribution in [2.75, 3.05) is 7.11 Å². The number of nitrogens with two attached hydrogens (primary N) is 1. The van der Waals surface area contributed by atoms with Gasteiger partial charge in [-0.2, -0.15) is 0 Å². The molecule has 1 heterocycles. The van der Waals surface area contributed by atoms with E-state index in [1.807, 2.05) is 0 Å². The summed E-state index contributed by atoms with van der Waals surface area (Å²) in [6.07, 6.45) is 4.30. The van der Waals surface area contributed by atoms with Crippen molar-refractivity contribution in [3.63, 3.8) is 0 Å². The number of rotatable bonds is 3. The minimum Gasteiger partial charge on any atom is -0.480 e. The van der Waals surface area contributed by atoms with Crippen molar-refractivity contribution in [1.82, 2.24) is 4.98 Å². The van der Waals surface area contributed by atoms with E-state index in [1.165, 1.54) is 25.5 Å². The molecule has 1 amide bonds. The van der Waals surface area contributed by atoms with E-state index in [4.69, 9.17) is 22.1 Å². The van der Waals surface area contributed by atoms with Gasteiger partial charge in [-0.1, -0.05) is 11.6 Å². The van der Waals surface area contributed by atoms with Crippen LogP contribution in [0.4, 0.5) is 0 Å². The van der Waals surface area contributed by atoms with Gasteiger partial charge in [-0.25, -0.2) is 4.98 Å². The summed E-state index contributed by atoms with van der Waals surface area (Å²) in [5, 5.41) is 0.388. The normalized spacial score (nSPS) is 10.4. The number of halogens is 1. The second-order valence-corrected chi connectivity index (χ2v) is 2.90. The van der Waals surface area contributed by atoms with E-state index >= 15 is 0 Å². The summed E-state index contributed by atoms with van der Waals surface area (Å²) in [4.78, 5) is 14.4. The Morgan fingerprint density at radius 1 is 1.71 bits per heavy atom. The van der Waals surface area contributed by atoms with Gasteiger partial charge in [0, 0.05) is 12.3 Å². The van der Waals surface area contributed by atoms with E-state index in [9.17, 15) is 4.79 Å². The number of hydrogen-bond acceptors (Lipinski definition) is 3. The fourth-order valence-electron chi connectivity index (χ4n) is 0.860. The first kappa shape index (κ1) is 10.5. The Morgan fingerprint density at radius 2 is 2.43 bits per heavy atom. The van der Waals surface area contributed by atoms with Crippen LogP contribution in [-0.4, -0.2) is 18.0 Å². The maximum Gasteiger partial charge on any atom is 0.241 e. The molecule has 1 aromatic heterocycles. The highest BCUT2D eigenvalue weighted by Gasteiger charge is 2.01. The average Bonchev–Trinajstić information content (AvgIpc) is 2.15. The molecule has 0 atom stereocenters. The molecule has 1 aromatic rings. The Morgan fingerprint density at radius 3 is 2.93 bits per heavy atom. The highest BCUT2D eigenvalue weighted by molar-refractivity contribution is 6.31. The summed E-state index contributed by atoms with van der Waals surface area (Å²) in [5.74, 6) is -0.167. The van der Waals surface area contributed by atoms with E-state index in [-0.39, 0.29) is 0 Å². The number of methoxy groups -OCH3 is 1. The summed E-state index contributed by atoms with van der Waals surface area (Å²) < 4.78 is 4.87. The van der Waals surface area contributed by atoms with Gasteiger partial charge in [0.05, 0.1) is 7.11 Å². The molecule has 0 aromatic carbocycles. The zero-order chi connectivity index (χ0) is 10.6. The molecule has 0 fully saturated rings. The number of amides is 1. The molecule has 0 bridgehead atoms. The van der Waals surface area contributed by atoms with Gasteiger partial charge in [0.2, 0.25) is 11.8 Å². The van der Waals surface area contributed by atoms with Crippen LogP contribution in [0.3, 0.4) is 0 Å². The lowest BCUT2D eigenvalue weighted by molar-refractivity contribution is -0.113. The van der Waals surface area contributed by atoms with Crippen LogP contribution in [0.5, 0.6) is 5.88 Å². The molecule has 0 saturated heterocycles. The summed E-state index contributed by atoms with van der Waals surface area (Å²) in [6, 6.07) is 1.63. The van der Waals surface area contributed by atoms with Crippen molar-refractivity contribution in [3.8, 4) is 5.88 Å². The molecule has 14 heavy (non-hydrogen) atoms. The Labute approximate surface area is 86.3 Å². The van der Waals surface area contributed by atoms with E-state index in [0.29, 0.717) is 16.5 Å². The number of aromatic nitrogens is 1. The third-order valence-corrected chi connectivity index (χ3v) is 1.73. The maximum atomic E-state index is 10.4. The van der Waals surface area contributed by atoms with Crippen molar-refractivity contribution in [3.05, 3.63) is 28.9 Å². The molecule has 0 radical (unpaired) electrons. The van der Waals surface area contributed by atoms with Crippen LogP contribution >= 0.6 is 11.6 Å². The fraction of sp³-hybridized carbons (Fsp3) is 0.111. The van der Waals surface area contributed by atoms with Gasteiger partial charge in [-0.3, -0.25) is 4.79 Å². The topological polar surface area (TPSA) is 65.2 Å². The number of pyridine rings is 1. The molecule has 0 aliphatic rings. The van der Waals surface area contributed by atoms with E-state index < -0.39 is 5.91 Å². The summed E-state index contributed by atoms with van der Waals surface area (Å²) in [7, 11) is 1.48. The van der Waals surface area contributed by atoms with Crippen molar-refractivity contribution < 1.29 is 9.53 Å². The largest absolute Gasteiger partial charge is 0.480 e. The molecule has 4 nitrogen and oxygen atoms in total. The predicted molar refractivity (Wildman–Crippen MR) is 54.0 cm³/mol. The van der Waals surface area contributed by atoms with Gasteiger partial charge in [0.25, 0.3) is 0 Å². The van der Waals surface area contributed by atoms with Gasteiger partial charge in [0.15, 0.2) is 0 Å². The van der Waals surface area contributed by atoms with E-state index in [2.05, 4.69) is 4.98 Å². The fourth-order valence-corrected chi connectivity index (χ4v) is 1.11. The lowest BCUT2D eigenvalue weighted by atomic mass is 10.2. The molecule has 0 aliphatic heterocycles. The first-order chi connectivity index (χ1) is 6.63.